The fourth-order valence-corrected chi connectivity index (χ4v) is 2.23. The van der Waals surface area contributed by atoms with Crippen LogP contribution in [0.4, 0.5) is 10.2 Å². The molecule has 0 radical (unpaired) electrons. The molecule has 0 aliphatic rings. The van der Waals surface area contributed by atoms with E-state index in [4.69, 9.17) is 0 Å². The van der Waals surface area contributed by atoms with Crippen molar-refractivity contribution in [3.05, 3.63) is 52.8 Å². The molecule has 0 aliphatic heterocycles. The SMILES string of the molecule is Fc1ccc(CCNc2ccnc3c(Br)cnn23)nc1. The van der Waals surface area contributed by atoms with Crippen LogP contribution in [0.5, 0.6) is 0 Å². The summed E-state index contributed by atoms with van der Waals surface area (Å²) < 4.78 is 15.3. The zero-order valence-corrected chi connectivity index (χ0v) is 12.0. The normalized spacial score (nSPS) is 10.9. The minimum Gasteiger partial charge on any atom is -0.370 e. The number of hydrogen-bond acceptors (Lipinski definition) is 4. The van der Waals surface area contributed by atoms with E-state index in [-0.39, 0.29) is 5.82 Å². The van der Waals surface area contributed by atoms with Crippen molar-refractivity contribution in [1.82, 2.24) is 19.6 Å². The van der Waals surface area contributed by atoms with E-state index in [2.05, 4.69) is 36.3 Å². The minimum absolute atomic E-state index is 0.320. The van der Waals surface area contributed by atoms with Crippen molar-refractivity contribution in [1.29, 1.82) is 0 Å². The molecule has 3 aromatic rings. The smallest absolute Gasteiger partial charge is 0.171 e. The summed E-state index contributed by atoms with van der Waals surface area (Å²) in [5.74, 6) is 0.529. The van der Waals surface area contributed by atoms with Gasteiger partial charge in [0.15, 0.2) is 5.65 Å². The Bertz CT molecular complexity index is 725. The highest BCUT2D eigenvalue weighted by Gasteiger charge is 2.05. The van der Waals surface area contributed by atoms with Crippen molar-refractivity contribution < 1.29 is 4.39 Å². The predicted molar refractivity (Wildman–Crippen MR) is 77.1 cm³/mol. The number of fused-ring (bicyclic) bond motifs is 1. The van der Waals surface area contributed by atoms with Gasteiger partial charge in [0.25, 0.3) is 0 Å². The van der Waals surface area contributed by atoms with Gasteiger partial charge in [-0.05, 0) is 34.1 Å². The minimum atomic E-state index is -0.320. The molecule has 0 saturated carbocycles. The Morgan fingerprint density at radius 2 is 2.10 bits per heavy atom. The van der Waals surface area contributed by atoms with E-state index < -0.39 is 0 Å². The second-order valence-electron chi connectivity index (χ2n) is 4.20. The van der Waals surface area contributed by atoms with E-state index >= 15 is 0 Å². The van der Waals surface area contributed by atoms with Crippen LogP contribution in [0.25, 0.3) is 5.65 Å². The van der Waals surface area contributed by atoms with E-state index in [1.54, 1.807) is 23.0 Å². The van der Waals surface area contributed by atoms with Gasteiger partial charge in [-0.3, -0.25) is 4.98 Å². The zero-order chi connectivity index (χ0) is 13.9. The third-order valence-corrected chi connectivity index (χ3v) is 3.39. The number of nitrogens with one attached hydrogen (secondary N) is 1. The number of rotatable bonds is 4. The first kappa shape index (κ1) is 13.0. The van der Waals surface area contributed by atoms with E-state index in [1.165, 1.54) is 12.3 Å². The highest BCUT2D eigenvalue weighted by molar-refractivity contribution is 9.10. The van der Waals surface area contributed by atoms with Gasteiger partial charge in [0, 0.05) is 24.9 Å². The molecule has 0 bridgehead atoms. The molecule has 0 aliphatic carbocycles. The molecule has 0 atom stereocenters. The molecule has 0 unspecified atom stereocenters. The number of hydrogen-bond donors (Lipinski definition) is 1. The topological polar surface area (TPSA) is 55.1 Å². The van der Waals surface area contributed by atoms with Gasteiger partial charge in [0.05, 0.1) is 16.9 Å². The van der Waals surface area contributed by atoms with Crippen LogP contribution in [0.15, 0.2) is 41.3 Å². The van der Waals surface area contributed by atoms with Gasteiger partial charge in [-0.15, -0.1) is 0 Å². The first-order valence-electron chi connectivity index (χ1n) is 6.06. The molecule has 1 N–H and O–H groups in total. The molecule has 0 spiro atoms. The van der Waals surface area contributed by atoms with Crippen LogP contribution >= 0.6 is 15.9 Å². The van der Waals surface area contributed by atoms with Crippen molar-refractivity contribution in [2.45, 2.75) is 6.42 Å². The average Bonchev–Trinajstić information content (AvgIpc) is 2.84. The Kier molecular flexibility index (Phi) is 3.60. The summed E-state index contributed by atoms with van der Waals surface area (Å²) in [6.45, 7) is 0.676. The van der Waals surface area contributed by atoms with Gasteiger partial charge < -0.3 is 5.32 Å². The zero-order valence-electron chi connectivity index (χ0n) is 10.4. The first-order chi connectivity index (χ1) is 9.74. The lowest BCUT2D eigenvalue weighted by Gasteiger charge is -2.07. The molecule has 5 nitrogen and oxygen atoms in total. The number of nitrogens with zero attached hydrogens (tertiary/aromatic N) is 4. The molecular formula is C13H11BrFN5. The molecule has 102 valence electrons. The third kappa shape index (κ3) is 2.62. The molecule has 0 fully saturated rings. The Hall–Kier alpha value is -2.02. The lowest BCUT2D eigenvalue weighted by Crippen LogP contribution is -2.10. The van der Waals surface area contributed by atoms with Crippen LogP contribution in [-0.4, -0.2) is 26.1 Å². The summed E-state index contributed by atoms with van der Waals surface area (Å²) in [6.07, 6.45) is 5.35. The summed E-state index contributed by atoms with van der Waals surface area (Å²) >= 11 is 3.39. The highest BCUT2D eigenvalue weighted by Crippen LogP contribution is 2.18. The van der Waals surface area contributed by atoms with E-state index in [0.29, 0.717) is 13.0 Å². The maximum atomic E-state index is 12.7. The maximum Gasteiger partial charge on any atom is 0.171 e. The van der Waals surface area contributed by atoms with Crippen LogP contribution in [0.1, 0.15) is 5.69 Å². The van der Waals surface area contributed by atoms with Crippen molar-refractivity contribution >= 4 is 27.4 Å². The number of anilines is 1. The summed E-state index contributed by atoms with van der Waals surface area (Å²) in [5.41, 5.74) is 1.60. The van der Waals surface area contributed by atoms with Crippen LogP contribution < -0.4 is 5.32 Å². The Balaban J connectivity index is 1.69. The lowest BCUT2D eigenvalue weighted by molar-refractivity contribution is 0.619. The fraction of sp³-hybridized carbons (Fsp3) is 0.154. The van der Waals surface area contributed by atoms with Gasteiger partial charge in [0.2, 0.25) is 0 Å². The maximum absolute atomic E-state index is 12.7. The Morgan fingerprint density at radius 1 is 1.20 bits per heavy atom. The van der Waals surface area contributed by atoms with Crippen molar-refractivity contribution in [2.24, 2.45) is 0 Å². The molecule has 0 amide bonds. The van der Waals surface area contributed by atoms with Gasteiger partial charge in [0.1, 0.15) is 11.6 Å². The van der Waals surface area contributed by atoms with Crippen molar-refractivity contribution in [3.63, 3.8) is 0 Å². The van der Waals surface area contributed by atoms with Gasteiger partial charge in [-0.2, -0.15) is 9.61 Å². The predicted octanol–water partition coefficient (Wildman–Crippen LogP) is 2.68. The first-order valence-corrected chi connectivity index (χ1v) is 6.86. The number of halogens is 2. The molecular weight excluding hydrogens is 325 g/mol. The van der Waals surface area contributed by atoms with E-state index in [9.17, 15) is 4.39 Å². The standard InChI is InChI=1S/C13H11BrFN5/c14-11-8-19-20-12(4-6-17-13(11)20)16-5-3-10-2-1-9(15)7-18-10/h1-2,4,6-8,16H,3,5H2. The molecule has 3 aromatic heterocycles. The molecule has 0 aromatic carbocycles. The summed E-state index contributed by atoms with van der Waals surface area (Å²) in [6, 6.07) is 4.95. The second kappa shape index (κ2) is 5.54. The number of pyridine rings is 1. The molecule has 20 heavy (non-hydrogen) atoms. The second-order valence-corrected chi connectivity index (χ2v) is 5.06. The highest BCUT2D eigenvalue weighted by atomic mass is 79.9. The number of aromatic nitrogens is 4. The van der Waals surface area contributed by atoms with E-state index in [1.807, 2.05) is 6.07 Å². The van der Waals surface area contributed by atoms with Crippen LogP contribution in [-0.2, 0) is 6.42 Å². The van der Waals surface area contributed by atoms with Gasteiger partial charge >= 0.3 is 0 Å². The molecule has 3 heterocycles. The Labute approximate surface area is 123 Å². The van der Waals surface area contributed by atoms with Crippen LogP contribution in [0.3, 0.4) is 0 Å². The molecule has 3 rings (SSSR count). The molecule has 0 saturated heterocycles. The monoisotopic (exact) mass is 335 g/mol. The summed E-state index contributed by atoms with van der Waals surface area (Å²) in [7, 11) is 0. The van der Waals surface area contributed by atoms with Crippen molar-refractivity contribution in [3.8, 4) is 0 Å². The van der Waals surface area contributed by atoms with Gasteiger partial charge in [-0.1, -0.05) is 0 Å². The lowest BCUT2D eigenvalue weighted by atomic mass is 10.2. The largest absolute Gasteiger partial charge is 0.370 e. The average molecular weight is 336 g/mol. The summed E-state index contributed by atoms with van der Waals surface area (Å²) in [5, 5.41) is 7.50. The Morgan fingerprint density at radius 3 is 2.90 bits per heavy atom. The van der Waals surface area contributed by atoms with Gasteiger partial charge in [-0.25, -0.2) is 9.37 Å². The van der Waals surface area contributed by atoms with E-state index in [0.717, 1.165) is 21.6 Å². The van der Waals surface area contributed by atoms with Crippen molar-refractivity contribution in [2.75, 3.05) is 11.9 Å². The summed E-state index contributed by atoms with van der Waals surface area (Å²) in [4.78, 5) is 8.26. The fourth-order valence-electron chi connectivity index (χ4n) is 1.87. The quantitative estimate of drug-likeness (QED) is 0.796. The van der Waals surface area contributed by atoms with Crippen LogP contribution in [0, 0.1) is 5.82 Å². The molecule has 7 heteroatoms. The van der Waals surface area contributed by atoms with Crippen LogP contribution in [0.2, 0.25) is 0 Å². The third-order valence-electron chi connectivity index (χ3n) is 2.83.